The minimum atomic E-state index is 0.585. The van der Waals surface area contributed by atoms with Gasteiger partial charge in [-0.25, -0.2) is 0 Å². The molecule has 0 atom stereocenters. The van der Waals surface area contributed by atoms with Crippen molar-refractivity contribution in [1.29, 1.82) is 0 Å². The fourth-order valence-electron chi connectivity index (χ4n) is 1.82. The number of methoxy groups -OCH3 is 1. The standard InChI is InChI=1S/C11H14Cl2N2O/c1-16-5-4-15-3-2-14-10-6-8(12)9(13)7-11(10)15/h6-7,14H,2-5H2,1H3. The second kappa shape index (κ2) is 5.13. The molecule has 0 amide bonds. The Morgan fingerprint density at radius 3 is 2.88 bits per heavy atom. The van der Waals surface area contributed by atoms with E-state index in [0.29, 0.717) is 16.7 Å². The summed E-state index contributed by atoms with van der Waals surface area (Å²) in [5, 5.41) is 4.49. The van der Waals surface area contributed by atoms with Gasteiger partial charge in [-0.3, -0.25) is 0 Å². The van der Waals surface area contributed by atoms with Gasteiger partial charge in [-0.1, -0.05) is 23.2 Å². The Kier molecular flexibility index (Phi) is 3.79. The van der Waals surface area contributed by atoms with Crippen LogP contribution in [0, 0.1) is 0 Å². The fourth-order valence-corrected chi connectivity index (χ4v) is 2.14. The van der Waals surface area contributed by atoms with Crippen molar-refractivity contribution in [3.8, 4) is 0 Å². The van der Waals surface area contributed by atoms with E-state index in [2.05, 4.69) is 10.2 Å². The van der Waals surface area contributed by atoms with Crippen LogP contribution in [0.3, 0.4) is 0 Å². The quantitative estimate of drug-likeness (QED) is 0.905. The minimum absolute atomic E-state index is 0.585. The van der Waals surface area contributed by atoms with E-state index >= 15 is 0 Å². The molecule has 0 saturated heterocycles. The van der Waals surface area contributed by atoms with E-state index in [9.17, 15) is 0 Å². The molecule has 0 bridgehead atoms. The number of fused-ring (bicyclic) bond motifs is 1. The van der Waals surface area contributed by atoms with Crippen molar-refractivity contribution >= 4 is 34.6 Å². The minimum Gasteiger partial charge on any atom is -0.383 e. The van der Waals surface area contributed by atoms with Crippen molar-refractivity contribution in [3.63, 3.8) is 0 Å². The van der Waals surface area contributed by atoms with E-state index in [-0.39, 0.29) is 0 Å². The molecule has 0 aliphatic carbocycles. The summed E-state index contributed by atoms with van der Waals surface area (Å²) in [4.78, 5) is 2.25. The second-order valence-corrected chi connectivity index (χ2v) is 4.50. The predicted octanol–water partition coefficient (Wildman–Crippen LogP) is 2.87. The third kappa shape index (κ3) is 2.37. The lowest BCUT2D eigenvalue weighted by molar-refractivity contribution is 0.205. The van der Waals surface area contributed by atoms with E-state index in [1.807, 2.05) is 12.1 Å². The number of anilines is 2. The number of nitrogens with one attached hydrogen (secondary N) is 1. The Morgan fingerprint density at radius 2 is 2.12 bits per heavy atom. The second-order valence-electron chi connectivity index (χ2n) is 3.69. The maximum absolute atomic E-state index is 6.03. The van der Waals surface area contributed by atoms with E-state index in [1.54, 1.807) is 7.11 Å². The Labute approximate surface area is 105 Å². The van der Waals surface area contributed by atoms with Crippen LogP contribution >= 0.6 is 23.2 Å². The first-order chi connectivity index (χ1) is 7.72. The Balaban J connectivity index is 2.27. The molecule has 2 rings (SSSR count). The molecule has 1 N–H and O–H groups in total. The Bertz CT molecular complexity index is 384. The molecule has 16 heavy (non-hydrogen) atoms. The average Bonchev–Trinajstić information content (AvgIpc) is 2.28. The predicted molar refractivity (Wildman–Crippen MR) is 69.0 cm³/mol. The first-order valence-electron chi connectivity index (χ1n) is 5.19. The van der Waals surface area contributed by atoms with Gasteiger partial charge >= 0.3 is 0 Å². The zero-order valence-corrected chi connectivity index (χ0v) is 10.6. The fraction of sp³-hybridized carbons (Fsp3) is 0.455. The summed E-state index contributed by atoms with van der Waals surface area (Å²) in [6.07, 6.45) is 0. The number of hydrogen-bond donors (Lipinski definition) is 1. The van der Waals surface area contributed by atoms with Gasteiger partial charge in [0.2, 0.25) is 0 Å². The van der Waals surface area contributed by atoms with E-state index in [1.165, 1.54) is 0 Å². The highest BCUT2D eigenvalue weighted by Crippen LogP contribution is 2.36. The lowest BCUT2D eigenvalue weighted by atomic mass is 10.2. The number of halogens is 2. The lowest BCUT2D eigenvalue weighted by Gasteiger charge is -2.32. The van der Waals surface area contributed by atoms with Gasteiger partial charge in [0.05, 0.1) is 28.0 Å². The van der Waals surface area contributed by atoms with Crippen LogP contribution in [0.1, 0.15) is 0 Å². The van der Waals surface area contributed by atoms with Gasteiger partial charge < -0.3 is 15.0 Å². The van der Waals surface area contributed by atoms with Crippen molar-refractivity contribution in [2.45, 2.75) is 0 Å². The molecule has 1 aliphatic rings. The first-order valence-corrected chi connectivity index (χ1v) is 5.95. The van der Waals surface area contributed by atoms with E-state index in [4.69, 9.17) is 27.9 Å². The van der Waals surface area contributed by atoms with Gasteiger partial charge in [-0.2, -0.15) is 0 Å². The highest BCUT2D eigenvalue weighted by molar-refractivity contribution is 6.42. The number of hydrogen-bond acceptors (Lipinski definition) is 3. The SMILES string of the molecule is COCCN1CCNc2cc(Cl)c(Cl)cc21. The number of rotatable bonds is 3. The smallest absolute Gasteiger partial charge is 0.0637 e. The monoisotopic (exact) mass is 260 g/mol. The van der Waals surface area contributed by atoms with Crippen molar-refractivity contribution in [2.24, 2.45) is 0 Å². The van der Waals surface area contributed by atoms with Gasteiger partial charge in [0, 0.05) is 26.7 Å². The van der Waals surface area contributed by atoms with Crippen LogP contribution in [0.15, 0.2) is 12.1 Å². The van der Waals surface area contributed by atoms with Gasteiger partial charge in [0.15, 0.2) is 0 Å². The molecule has 0 unspecified atom stereocenters. The van der Waals surface area contributed by atoms with Crippen LogP contribution in [-0.2, 0) is 4.74 Å². The molecule has 1 aromatic rings. The van der Waals surface area contributed by atoms with Crippen LogP contribution in [0.4, 0.5) is 11.4 Å². The molecule has 88 valence electrons. The summed E-state index contributed by atoms with van der Waals surface area (Å²) in [5.41, 5.74) is 2.13. The Hall–Kier alpha value is -0.640. The van der Waals surface area contributed by atoms with Gasteiger partial charge in [0.25, 0.3) is 0 Å². The van der Waals surface area contributed by atoms with Crippen LogP contribution in [0.5, 0.6) is 0 Å². The molecule has 0 radical (unpaired) electrons. The summed E-state index contributed by atoms with van der Waals surface area (Å²) in [7, 11) is 1.71. The normalized spacial score (nSPS) is 14.6. The van der Waals surface area contributed by atoms with Crippen molar-refractivity contribution < 1.29 is 4.74 Å². The first kappa shape index (κ1) is 11.8. The van der Waals surface area contributed by atoms with E-state index in [0.717, 1.165) is 31.0 Å². The summed E-state index contributed by atoms with van der Waals surface area (Å²) >= 11 is 12.0. The topological polar surface area (TPSA) is 24.5 Å². The van der Waals surface area contributed by atoms with Gasteiger partial charge in [-0.15, -0.1) is 0 Å². The van der Waals surface area contributed by atoms with Crippen LogP contribution < -0.4 is 10.2 Å². The maximum atomic E-state index is 6.03. The zero-order chi connectivity index (χ0) is 11.5. The summed E-state index contributed by atoms with van der Waals surface area (Å²) in [6, 6.07) is 3.78. The Morgan fingerprint density at radius 1 is 1.38 bits per heavy atom. The maximum Gasteiger partial charge on any atom is 0.0637 e. The van der Waals surface area contributed by atoms with E-state index < -0.39 is 0 Å². The lowest BCUT2D eigenvalue weighted by Crippen LogP contribution is -2.36. The third-order valence-corrected chi connectivity index (χ3v) is 3.36. The van der Waals surface area contributed by atoms with Crippen LogP contribution in [0.25, 0.3) is 0 Å². The highest BCUT2D eigenvalue weighted by Gasteiger charge is 2.17. The molecule has 0 fully saturated rings. The van der Waals surface area contributed by atoms with Crippen molar-refractivity contribution in [1.82, 2.24) is 0 Å². The molecule has 1 aromatic carbocycles. The number of benzene rings is 1. The zero-order valence-electron chi connectivity index (χ0n) is 9.09. The highest BCUT2D eigenvalue weighted by atomic mass is 35.5. The number of ether oxygens (including phenoxy) is 1. The molecule has 0 aromatic heterocycles. The molecule has 0 spiro atoms. The molecular formula is C11H14Cl2N2O. The van der Waals surface area contributed by atoms with Gasteiger partial charge in [-0.05, 0) is 12.1 Å². The van der Waals surface area contributed by atoms with Crippen LogP contribution in [0.2, 0.25) is 10.0 Å². The van der Waals surface area contributed by atoms with Crippen molar-refractivity contribution in [3.05, 3.63) is 22.2 Å². The molecule has 1 heterocycles. The molecular weight excluding hydrogens is 247 g/mol. The van der Waals surface area contributed by atoms with Crippen LogP contribution in [-0.4, -0.2) is 33.4 Å². The molecule has 1 aliphatic heterocycles. The molecule has 3 nitrogen and oxygen atoms in total. The third-order valence-electron chi connectivity index (χ3n) is 2.64. The summed E-state index contributed by atoms with van der Waals surface area (Å²) < 4.78 is 5.09. The summed E-state index contributed by atoms with van der Waals surface area (Å²) in [6.45, 7) is 3.44. The molecule has 0 saturated carbocycles. The summed E-state index contributed by atoms with van der Waals surface area (Å²) in [5.74, 6) is 0. The largest absolute Gasteiger partial charge is 0.383 e. The van der Waals surface area contributed by atoms with Crippen molar-refractivity contribution in [2.75, 3.05) is 43.6 Å². The number of nitrogens with zero attached hydrogens (tertiary/aromatic N) is 1. The van der Waals surface area contributed by atoms with Gasteiger partial charge in [0.1, 0.15) is 0 Å². The average molecular weight is 261 g/mol. The molecule has 5 heteroatoms.